The third-order valence-electron chi connectivity index (χ3n) is 3.82. The molecule has 0 aliphatic carbocycles. The van der Waals surface area contributed by atoms with E-state index in [9.17, 15) is 14.7 Å². The highest BCUT2D eigenvalue weighted by Crippen LogP contribution is 2.15. The Hall–Kier alpha value is -2.82. The number of nitrogens with one attached hydrogen (secondary N) is 1. The Bertz CT molecular complexity index is 672. The van der Waals surface area contributed by atoms with Gasteiger partial charge in [-0.2, -0.15) is 0 Å². The Morgan fingerprint density at radius 1 is 1.00 bits per heavy atom. The lowest BCUT2D eigenvalue weighted by Crippen LogP contribution is -2.52. The van der Waals surface area contributed by atoms with E-state index in [0.717, 1.165) is 11.1 Å². The first-order valence-corrected chi connectivity index (χ1v) is 7.76. The van der Waals surface area contributed by atoms with Gasteiger partial charge in [-0.3, -0.25) is 0 Å². The maximum absolute atomic E-state index is 12.0. The van der Waals surface area contributed by atoms with Crippen LogP contribution in [0.2, 0.25) is 0 Å². The molecule has 2 rings (SSSR count). The molecule has 0 saturated carbocycles. The fourth-order valence-electron chi connectivity index (χ4n) is 2.25. The second-order valence-corrected chi connectivity index (χ2v) is 5.81. The fraction of sp³-hybridized carbons (Fsp3) is 0.263. The first-order chi connectivity index (χ1) is 11.5. The molecule has 24 heavy (non-hydrogen) atoms. The Morgan fingerprint density at radius 3 is 2.08 bits per heavy atom. The third-order valence-corrected chi connectivity index (χ3v) is 3.82. The molecule has 0 spiro atoms. The highest BCUT2D eigenvalue weighted by Gasteiger charge is 2.35. The quantitative estimate of drug-likeness (QED) is 0.817. The molecule has 0 radical (unpaired) electrons. The third kappa shape index (κ3) is 5.12. The molecule has 5 heteroatoms. The van der Waals surface area contributed by atoms with Crippen LogP contribution in [0.25, 0.3) is 0 Å². The van der Waals surface area contributed by atoms with Gasteiger partial charge in [-0.1, -0.05) is 60.7 Å². The number of carboxylic acid groups (broad SMARTS) is 1. The van der Waals surface area contributed by atoms with Crippen LogP contribution in [0.4, 0.5) is 4.79 Å². The lowest BCUT2D eigenvalue weighted by atomic mass is 9.93. The van der Waals surface area contributed by atoms with Crippen LogP contribution in [-0.4, -0.2) is 22.7 Å². The number of benzene rings is 2. The zero-order chi connectivity index (χ0) is 17.4. The average Bonchev–Trinajstić information content (AvgIpc) is 2.60. The second-order valence-electron chi connectivity index (χ2n) is 5.81. The highest BCUT2D eigenvalue weighted by molar-refractivity contribution is 5.83. The number of hydrogen-bond acceptors (Lipinski definition) is 3. The maximum atomic E-state index is 12.0. The van der Waals surface area contributed by atoms with Crippen molar-refractivity contribution in [3.05, 3.63) is 71.8 Å². The van der Waals surface area contributed by atoms with Gasteiger partial charge in [0.15, 0.2) is 0 Å². The summed E-state index contributed by atoms with van der Waals surface area (Å²) in [7, 11) is 0. The van der Waals surface area contributed by atoms with E-state index in [2.05, 4.69) is 5.32 Å². The molecular formula is C19H21NO4. The molecule has 5 nitrogen and oxygen atoms in total. The van der Waals surface area contributed by atoms with Gasteiger partial charge in [0, 0.05) is 0 Å². The number of amides is 1. The zero-order valence-corrected chi connectivity index (χ0v) is 13.6. The largest absolute Gasteiger partial charge is 0.480 e. The molecule has 1 amide bonds. The van der Waals surface area contributed by atoms with Crippen molar-refractivity contribution in [2.45, 2.75) is 31.9 Å². The summed E-state index contributed by atoms with van der Waals surface area (Å²) in [6.45, 7) is 1.59. The number of aryl methyl sites for hydroxylation is 1. The van der Waals surface area contributed by atoms with Crippen molar-refractivity contribution >= 4 is 12.1 Å². The number of carbonyl (C=O) groups is 2. The molecule has 0 fully saturated rings. The lowest BCUT2D eigenvalue weighted by Gasteiger charge is -2.25. The van der Waals surface area contributed by atoms with Gasteiger partial charge >= 0.3 is 12.1 Å². The summed E-state index contributed by atoms with van der Waals surface area (Å²) < 4.78 is 5.11. The van der Waals surface area contributed by atoms with Gasteiger partial charge in [0.25, 0.3) is 0 Å². The monoisotopic (exact) mass is 327 g/mol. The van der Waals surface area contributed by atoms with E-state index in [1.54, 1.807) is 0 Å². The van der Waals surface area contributed by atoms with E-state index < -0.39 is 17.6 Å². The summed E-state index contributed by atoms with van der Waals surface area (Å²) in [6.07, 6.45) is 0.0758. The maximum Gasteiger partial charge on any atom is 0.408 e. The summed E-state index contributed by atoms with van der Waals surface area (Å²) in [6, 6.07) is 18.8. The normalized spacial score (nSPS) is 12.9. The van der Waals surface area contributed by atoms with Gasteiger partial charge in [0.2, 0.25) is 0 Å². The van der Waals surface area contributed by atoms with Crippen LogP contribution in [0.3, 0.4) is 0 Å². The summed E-state index contributed by atoms with van der Waals surface area (Å²) in [5.74, 6) is -1.09. The van der Waals surface area contributed by atoms with Crippen LogP contribution in [0.15, 0.2) is 60.7 Å². The fourth-order valence-corrected chi connectivity index (χ4v) is 2.25. The Balaban J connectivity index is 1.91. The standard InChI is InChI=1S/C19H21NO4/c1-19(17(21)22,13-12-15-8-4-2-5-9-15)20-18(23)24-14-16-10-6-3-7-11-16/h2-11H,12-14H2,1H3,(H,20,23)(H,21,22)/t19-/m1/s1. The molecule has 2 aromatic rings. The van der Waals surface area contributed by atoms with E-state index in [1.165, 1.54) is 6.92 Å². The number of ether oxygens (including phenoxy) is 1. The predicted molar refractivity (Wildman–Crippen MR) is 90.6 cm³/mol. The molecular weight excluding hydrogens is 306 g/mol. The molecule has 2 aromatic carbocycles. The van der Waals surface area contributed by atoms with Crippen molar-refractivity contribution in [3.8, 4) is 0 Å². The molecule has 0 bridgehead atoms. The molecule has 126 valence electrons. The van der Waals surface area contributed by atoms with Crippen molar-refractivity contribution in [2.24, 2.45) is 0 Å². The molecule has 1 atom stereocenters. The SMILES string of the molecule is C[C@](CCc1ccccc1)(NC(=O)OCc1ccccc1)C(=O)O. The van der Waals surface area contributed by atoms with E-state index in [1.807, 2.05) is 60.7 Å². The number of carbonyl (C=O) groups excluding carboxylic acids is 1. The average molecular weight is 327 g/mol. The summed E-state index contributed by atoms with van der Waals surface area (Å²) >= 11 is 0. The van der Waals surface area contributed by atoms with Gasteiger partial charge in [-0.05, 0) is 30.9 Å². The molecule has 0 aliphatic rings. The van der Waals surface area contributed by atoms with Gasteiger partial charge in [0.05, 0.1) is 0 Å². The molecule has 0 heterocycles. The van der Waals surface area contributed by atoms with Crippen LogP contribution in [0.5, 0.6) is 0 Å². The van der Waals surface area contributed by atoms with Gasteiger partial charge in [0.1, 0.15) is 12.1 Å². The van der Waals surface area contributed by atoms with Crippen LogP contribution < -0.4 is 5.32 Å². The number of aliphatic carboxylic acids is 1. The summed E-state index contributed by atoms with van der Waals surface area (Å²) in [4.78, 5) is 23.5. The van der Waals surface area contributed by atoms with E-state index in [-0.39, 0.29) is 13.0 Å². The minimum Gasteiger partial charge on any atom is -0.480 e. The molecule has 0 saturated heterocycles. The Kier molecular flexibility index (Phi) is 5.95. The second kappa shape index (κ2) is 8.15. The Morgan fingerprint density at radius 2 is 1.54 bits per heavy atom. The summed E-state index contributed by atoms with van der Waals surface area (Å²) in [5, 5.41) is 11.9. The Labute approximate surface area is 141 Å². The molecule has 2 N–H and O–H groups in total. The van der Waals surface area contributed by atoms with E-state index >= 15 is 0 Å². The zero-order valence-electron chi connectivity index (χ0n) is 13.6. The predicted octanol–water partition coefficient (Wildman–Crippen LogP) is 3.39. The van der Waals surface area contributed by atoms with Crippen molar-refractivity contribution in [3.63, 3.8) is 0 Å². The number of carboxylic acids is 1. The summed E-state index contributed by atoms with van der Waals surface area (Å²) in [5.41, 5.74) is 0.474. The van der Waals surface area contributed by atoms with Crippen LogP contribution in [-0.2, 0) is 22.6 Å². The van der Waals surface area contributed by atoms with Crippen molar-refractivity contribution in [2.75, 3.05) is 0 Å². The minimum absolute atomic E-state index is 0.0983. The first kappa shape index (κ1) is 17.5. The topological polar surface area (TPSA) is 75.6 Å². The van der Waals surface area contributed by atoms with Crippen molar-refractivity contribution < 1.29 is 19.4 Å². The van der Waals surface area contributed by atoms with Gasteiger partial charge in [-0.15, -0.1) is 0 Å². The lowest BCUT2D eigenvalue weighted by molar-refractivity contribution is -0.144. The van der Waals surface area contributed by atoms with E-state index in [0.29, 0.717) is 6.42 Å². The highest BCUT2D eigenvalue weighted by atomic mass is 16.5. The van der Waals surface area contributed by atoms with Crippen molar-refractivity contribution in [1.82, 2.24) is 5.32 Å². The molecule has 0 unspecified atom stereocenters. The molecule has 0 aromatic heterocycles. The number of hydrogen-bond donors (Lipinski definition) is 2. The van der Waals surface area contributed by atoms with Gasteiger partial charge < -0.3 is 15.2 Å². The smallest absolute Gasteiger partial charge is 0.408 e. The van der Waals surface area contributed by atoms with Crippen LogP contribution in [0, 0.1) is 0 Å². The van der Waals surface area contributed by atoms with Crippen LogP contribution in [0.1, 0.15) is 24.5 Å². The molecule has 0 aliphatic heterocycles. The minimum atomic E-state index is -1.39. The van der Waals surface area contributed by atoms with Crippen molar-refractivity contribution in [1.29, 1.82) is 0 Å². The van der Waals surface area contributed by atoms with Crippen LogP contribution >= 0.6 is 0 Å². The number of rotatable bonds is 7. The first-order valence-electron chi connectivity index (χ1n) is 7.76. The van der Waals surface area contributed by atoms with E-state index in [4.69, 9.17) is 4.74 Å². The van der Waals surface area contributed by atoms with Gasteiger partial charge in [-0.25, -0.2) is 9.59 Å². The number of alkyl carbamates (subject to hydrolysis) is 1.